The molecule has 26 heavy (non-hydrogen) atoms. The van der Waals surface area contributed by atoms with E-state index in [1.165, 1.54) is 11.8 Å². The molecule has 1 saturated heterocycles. The lowest BCUT2D eigenvalue weighted by molar-refractivity contribution is -0.118. The fourth-order valence-corrected chi connectivity index (χ4v) is 3.65. The average Bonchev–Trinajstić information content (AvgIpc) is 2.95. The molecule has 1 fully saturated rings. The zero-order chi connectivity index (χ0) is 18.5. The second-order valence-corrected chi connectivity index (χ2v) is 7.69. The van der Waals surface area contributed by atoms with Crippen LogP contribution in [0, 0.1) is 0 Å². The highest BCUT2D eigenvalue weighted by Crippen LogP contribution is 2.24. The van der Waals surface area contributed by atoms with Crippen LogP contribution in [0.4, 0.5) is 5.69 Å². The van der Waals surface area contributed by atoms with E-state index in [0.29, 0.717) is 16.6 Å². The number of benzene rings is 2. The highest BCUT2D eigenvalue weighted by Gasteiger charge is 2.30. The SMILES string of the molecule is CN(C)c1ccc(/C=N/N=C2/NC(=O)C(Cc3cccc(Cl)c3)S2)cc1. The minimum absolute atomic E-state index is 0.0562. The Bertz CT molecular complexity index is 849. The predicted molar refractivity (Wildman–Crippen MR) is 110 cm³/mol. The lowest BCUT2D eigenvalue weighted by Gasteiger charge is -2.11. The molecule has 1 amide bonds. The maximum Gasteiger partial charge on any atom is 0.239 e. The second-order valence-electron chi connectivity index (χ2n) is 6.07. The van der Waals surface area contributed by atoms with Crippen molar-refractivity contribution in [2.75, 3.05) is 19.0 Å². The normalized spacial score (nSPS) is 18.5. The van der Waals surface area contributed by atoms with Gasteiger partial charge in [-0.25, -0.2) is 0 Å². The topological polar surface area (TPSA) is 57.1 Å². The van der Waals surface area contributed by atoms with E-state index in [4.69, 9.17) is 11.6 Å². The third-order valence-electron chi connectivity index (χ3n) is 3.85. The van der Waals surface area contributed by atoms with Gasteiger partial charge in [-0.15, -0.1) is 5.10 Å². The number of hydrogen-bond acceptors (Lipinski definition) is 5. The van der Waals surface area contributed by atoms with Crippen LogP contribution in [0.25, 0.3) is 0 Å². The third-order valence-corrected chi connectivity index (χ3v) is 5.16. The molecular formula is C19H19ClN4OS. The van der Waals surface area contributed by atoms with Gasteiger partial charge in [0.25, 0.3) is 0 Å². The summed E-state index contributed by atoms with van der Waals surface area (Å²) in [7, 11) is 3.99. The minimum atomic E-state index is -0.221. The number of amidine groups is 1. The summed E-state index contributed by atoms with van der Waals surface area (Å²) in [4.78, 5) is 14.1. The first-order valence-electron chi connectivity index (χ1n) is 8.11. The number of carbonyl (C=O) groups excluding carboxylic acids is 1. The number of thioether (sulfide) groups is 1. The van der Waals surface area contributed by atoms with E-state index >= 15 is 0 Å². The Morgan fingerprint density at radius 2 is 2.00 bits per heavy atom. The summed E-state index contributed by atoms with van der Waals surface area (Å²) in [6.45, 7) is 0. The van der Waals surface area contributed by atoms with Crippen molar-refractivity contribution in [2.24, 2.45) is 10.2 Å². The van der Waals surface area contributed by atoms with E-state index in [1.807, 2.05) is 67.5 Å². The Morgan fingerprint density at radius 1 is 1.23 bits per heavy atom. The Hall–Kier alpha value is -2.31. The van der Waals surface area contributed by atoms with Crippen LogP contribution in [0.1, 0.15) is 11.1 Å². The molecule has 1 aliphatic heterocycles. The lowest BCUT2D eigenvalue weighted by atomic mass is 10.1. The second kappa shape index (κ2) is 8.38. The standard InChI is InChI=1S/C19H19ClN4OS/c1-24(2)16-8-6-13(7-9-16)12-21-23-19-22-18(25)17(26-19)11-14-4-3-5-15(20)10-14/h3-10,12,17H,11H2,1-2H3,(H,22,23,25)/b21-12+. The van der Waals surface area contributed by atoms with Gasteiger partial charge in [0.15, 0.2) is 5.17 Å². The van der Waals surface area contributed by atoms with Gasteiger partial charge in [-0.2, -0.15) is 5.10 Å². The summed E-state index contributed by atoms with van der Waals surface area (Å²) in [6, 6.07) is 15.5. The molecule has 0 bridgehead atoms. The maximum atomic E-state index is 12.1. The molecule has 1 aliphatic rings. The van der Waals surface area contributed by atoms with Gasteiger partial charge in [-0.05, 0) is 41.8 Å². The summed E-state index contributed by atoms with van der Waals surface area (Å²) >= 11 is 7.38. The largest absolute Gasteiger partial charge is 0.378 e. The molecule has 2 aromatic carbocycles. The lowest BCUT2D eigenvalue weighted by Crippen LogP contribution is -2.25. The third kappa shape index (κ3) is 4.86. The molecule has 2 aromatic rings. The van der Waals surface area contributed by atoms with Gasteiger partial charge in [0.2, 0.25) is 5.91 Å². The molecule has 1 atom stereocenters. The van der Waals surface area contributed by atoms with Gasteiger partial charge in [-0.3, -0.25) is 4.79 Å². The molecule has 0 aromatic heterocycles. The zero-order valence-corrected chi connectivity index (χ0v) is 16.1. The quantitative estimate of drug-likeness (QED) is 0.631. The molecule has 1 unspecified atom stereocenters. The van der Waals surface area contributed by atoms with Gasteiger partial charge in [-0.1, -0.05) is 47.6 Å². The Labute approximate surface area is 162 Å². The smallest absolute Gasteiger partial charge is 0.239 e. The number of nitrogens with zero attached hydrogens (tertiary/aromatic N) is 3. The summed E-state index contributed by atoms with van der Waals surface area (Å²) < 4.78 is 0. The van der Waals surface area contributed by atoms with E-state index in [2.05, 4.69) is 15.5 Å². The van der Waals surface area contributed by atoms with Crippen molar-refractivity contribution < 1.29 is 4.79 Å². The van der Waals surface area contributed by atoms with Gasteiger partial charge in [0.05, 0.1) is 11.5 Å². The number of amides is 1. The summed E-state index contributed by atoms with van der Waals surface area (Å²) in [6.07, 6.45) is 2.27. The van der Waals surface area contributed by atoms with Crippen LogP contribution in [0.3, 0.4) is 0 Å². The Morgan fingerprint density at radius 3 is 2.69 bits per heavy atom. The van der Waals surface area contributed by atoms with Crippen molar-refractivity contribution in [3.05, 3.63) is 64.7 Å². The van der Waals surface area contributed by atoms with Gasteiger partial charge in [0.1, 0.15) is 0 Å². The molecule has 7 heteroatoms. The molecule has 3 rings (SSSR count). The number of carbonyl (C=O) groups is 1. The summed E-state index contributed by atoms with van der Waals surface area (Å²) in [5, 5.41) is 11.9. The number of nitrogens with one attached hydrogen (secondary N) is 1. The first-order valence-corrected chi connectivity index (χ1v) is 9.37. The van der Waals surface area contributed by atoms with Crippen LogP contribution in [0.15, 0.2) is 58.7 Å². The van der Waals surface area contributed by atoms with Crippen molar-refractivity contribution in [1.29, 1.82) is 0 Å². The van der Waals surface area contributed by atoms with Crippen LogP contribution in [-0.4, -0.2) is 36.6 Å². The summed E-state index contributed by atoms with van der Waals surface area (Å²) in [5.74, 6) is -0.0562. The molecule has 0 spiro atoms. The molecule has 0 aliphatic carbocycles. The molecule has 0 saturated carbocycles. The highest BCUT2D eigenvalue weighted by atomic mass is 35.5. The fourth-order valence-electron chi connectivity index (χ4n) is 2.47. The fraction of sp³-hybridized carbons (Fsp3) is 0.211. The van der Waals surface area contributed by atoms with Crippen LogP contribution < -0.4 is 10.2 Å². The monoisotopic (exact) mass is 386 g/mol. The van der Waals surface area contributed by atoms with Crippen molar-refractivity contribution in [1.82, 2.24) is 5.32 Å². The van der Waals surface area contributed by atoms with Gasteiger partial charge >= 0.3 is 0 Å². The first-order chi connectivity index (χ1) is 12.5. The number of anilines is 1. The zero-order valence-electron chi connectivity index (χ0n) is 14.5. The van der Waals surface area contributed by atoms with Gasteiger partial charge in [0, 0.05) is 24.8 Å². The molecule has 5 nitrogen and oxygen atoms in total. The summed E-state index contributed by atoms with van der Waals surface area (Å²) in [5.41, 5.74) is 3.09. The Kier molecular flexibility index (Phi) is 5.96. The van der Waals surface area contributed by atoms with Crippen LogP contribution in [0.2, 0.25) is 5.02 Å². The molecule has 1 heterocycles. The predicted octanol–water partition coefficient (Wildman–Crippen LogP) is 3.57. The number of hydrogen-bond donors (Lipinski definition) is 1. The Balaban J connectivity index is 1.60. The molecular weight excluding hydrogens is 368 g/mol. The highest BCUT2D eigenvalue weighted by molar-refractivity contribution is 8.15. The number of halogens is 1. The van der Waals surface area contributed by atoms with E-state index in [0.717, 1.165) is 16.8 Å². The molecule has 0 radical (unpaired) electrons. The van der Waals surface area contributed by atoms with Crippen molar-refractivity contribution in [2.45, 2.75) is 11.7 Å². The van der Waals surface area contributed by atoms with E-state index < -0.39 is 0 Å². The van der Waals surface area contributed by atoms with Crippen LogP contribution in [0.5, 0.6) is 0 Å². The molecule has 134 valence electrons. The van der Waals surface area contributed by atoms with Gasteiger partial charge < -0.3 is 10.2 Å². The van der Waals surface area contributed by atoms with E-state index in [1.54, 1.807) is 6.21 Å². The first kappa shape index (κ1) is 18.5. The van der Waals surface area contributed by atoms with Crippen molar-refractivity contribution in [3.8, 4) is 0 Å². The van der Waals surface area contributed by atoms with Crippen LogP contribution >= 0.6 is 23.4 Å². The van der Waals surface area contributed by atoms with E-state index in [-0.39, 0.29) is 11.2 Å². The van der Waals surface area contributed by atoms with Crippen LogP contribution in [-0.2, 0) is 11.2 Å². The minimum Gasteiger partial charge on any atom is -0.378 e. The molecule has 1 N–H and O–H groups in total. The maximum absolute atomic E-state index is 12.1. The number of rotatable bonds is 5. The average molecular weight is 387 g/mol. The van der Waals surface area contributed by atoms with Crippen molar-refractivity contribution in [3.63, 3.8) is 0 Å². The van der Waals surface area contributed by atoms with E-state index in [9.17, 15) is 4.79 Å². The van der Waals surface area contributed by atoms with Crippen molar-refractivity contribution >= 4 is 46.3 Å².